The van der Waals surface area contributed by atoms with Crippen molar-refractivity contribution in [3.63, 3.8) is 0 Å². The van der Waals surface area contributed by atoms with Crippen LogP contribution in [0, 0.1) is 12.8 Å². The van der Waals surface area contributed by atoms with Crippen LogP contribution in [0.1, 0.15) is 48.9 Å². The molecule has 11 heteroatoms. The first-order valence-corrected chi connectivity index (χ1v) is 13.6. The van der Waals surface area contributed by atoms with E-state index >= 15 is 0 Å². The van der Waals surface area contributed by atoms with Gasteiger partial charge in [-0.2, -0.15) is 0 Å². The van der Waals surface area contributed by atoms with E-state index in [1.54, 1.807) is 0 Å². The molecule has 33 heavy (non-hydrogen) atoms. The Morgan fingerprint density at radius 2 is 1.88 bits per heavy atom. The zero-order valence-electron chi connectivity index (χ0n) is 19.1. The maximum Gasteiger partial charge on any atom is 0.318 e. The Bertz CT molecular complexity index is 1090. The molecule has 1 aromatic carbocycles. The van der Waals surface area contributed by atoms with Crippen molar-refractivity contribution in [3.8, 4) is 0 Å². The molecule has 4 rings (SSSR count). The van der Waals surface area contributed by atoms with Gasteiger partial charge in [0.05, 0.1) is 18.8 Å². The Morgan fingerprint density at radius 1 is 1.15 bits per heavy atom. The van der Waals surface area contributed by atoms with Crippen LogP contribution in [-0.4, -0.2) is 70.9 Å². The summed E-state index contributed by atoms with van der Waals surface area (Å²) in [6.45, 7) is 4.66. The highest BCUT2D eigenvalue weighted by atomic mass is 35.5. The predicted octanol–water partition coefficient (Wildman–Crippen LogP) is 2.81. The smallest absolute Gasteiger partial charge is 0.318 e. The molecule has 2 saturated heterocycles. The lowest BCUT2D eigenvalue weighted by atomic mass is 10.00. The van der Waals surface area contributed by atoms with Gasteiger partial charge in [-0.15, -0.1) is 10.2 Å². The van der Waals surface area contributed by atoms with Crippen molar-refractivity contribution in [2.45, 2.75) is 45.2 Å². The van der Waals surface area contributed by atoms with Crippen molar-refractivity contribution in [2.24, 2.45) is 5.92 Å². The minimum absolute atomic E-state index is 0.120. The molecule has 2 amide bonds. The van der Waals surface area contributed by atoms with E-state index < -0.39 is 10.0 Å². The van der Waals surface area contributed by atoms with Crippen LogP contribution in [-0.2, 0) is 16.6 Å². The quantitative estimate of drug-likeness (QED) is 0.665. The largest absolute Gasteiger partial charge is 0.338 e. The molecule has 2 aliphatic heterocycles. The summed E-state index contributed by atoms with van der Waals surface area (Å²) < 4.78 is 27.3. The summed E-state index contributed by atoms with van der Waals surface area (Å²) in [5, 5.41) is 12.4. The number of amides is 2. The minimum atomic E-state index is -3.20. The van der Waals surface area contributed by atoms with Crippen LogP contribution in [0.25, 0.3) is 0 Å². The topological polar surface area (TPSA) is 100 Å². The molecule has 9 nitrogen and oxygen atoms in total. The Hall–Kier alpha value is -2.17. The number of urea groups is 1. The summed E-state index contributed by atoms with van der Waals surface area (Å²) in [5.74, 6) is 1.71. The van der Waals surface area contributed by atoms with Gasteiger partial charge in [0, 0.05) is 31.2 Å². The molecule has 3 heterocycles. The third-order valence-corrected chi connectivity index (χ3v) is 8.04. The monoisotopic (exact) mass is 494 g/mol. The minimum Gasteiger partial charge on any atom is -0.338 e. The number of benzene rings is 1. The second-order valence-corrected chi connectivity index (χ2v) is 11.4. The van der Waals surface area contributed by atoms with Gasteiger partial charge < -0.3 is 14.8 Å². The van der Waals surface area contributed by atoms with Crippen LogP contribution in [0.4, 0.5) is 4.79 Å². The molecule has 180 valence electrons. The van der Waals surface area contributed by atoms with Crippen LogP contribution in [0.3, 0.4) is 0 Å². The number of carbonyl (C=O) groups is 1. The van der Waals surface area contributed by atoms with Crippen molar-refractivity contribution in [2.75, 3.05) is 32.4 Å². The summed E-state index contributed by atoms with van der Waals surface area (Å²) in [6.07, 6.45) is 4.69. The van der Waals surface area contributed by atoms with Crippen LogP contribution < -0.4 is 5.32 Å². The summed E-state index contributed by atoms with van der Waals surface area (Å²) in [4.78, 5) is 14.9. The third kappa shape index (κ3) is 5.67. The van der Waals surface area contributed by atoms with Gasteiger partial charge in [-0.1, -0.05) is 23.7 Å². The number of nitrogens with one attached hydrogen (secondary N) is 1. The van der Waals surface area contributed by atoms with Crippen molar-refractivity contribution >= 4 is 27.7 Å². The predicted molar refractivity (Wildman–Crippen MR) is 127 cm³/mol. The number of piperidine rings is 1. The second kappa shape index (κ2) is 9.99. The number of nitrogens with zero attached hydrogens (tertiary/aromatic N) is 5. The maximum absolute atomic E-state index is 13.1. The lowest BCUT2D eigenvalue weighted by Crippen LogP contribution is -2.46. The molecule has 0 spiro atoms. The first-order chi connectivity index (χ1) is 15.7. The summed E-state index contributed by atoms with van der Waals surface area (Å²) in [7, 11) is -3.20. The van der Waals surface area contributed by atoms with Crippen molar-refractivity contribution in [1.82, 2.24) is 29.3 Å². The van der Waals surface area contributed by atoms with Crippen LogP contribution in [0.2, 0.25) is 5.02 Å². The molecule has 0 aliphatic carbocycles. The van der Waals surface area contributed by atoms with Crippen molar-refractivity contribution < 1.29 is 13.2 Å². The van der Waals surface area contributed by atoms with Crippen LogP contribution >= 0.6 is 11.6 Å². The van der Waals surface area contributed by atoms with E-state index in [1.807, 2.05) is 36.1 Å². The van der Waals surface area contributed by atoms with E-state index in [9.17, 15) is 13.2 Å². The number of aromatic nitrogens is 3. The maximum atomic E-state index is 13.1. The van der Waals surface area contributed by atoms with E-state index in [-0.39, 0.29) is 18.0 Å². The summed E-state index contributed by atoms with van der Waals surface area (Å²) in [5.41, 5.74) is 1.09. The van der Waals surface area contributed by atoms with Gasteiger partial charge in [0.1, 0.15) is 5.82 Å². The van der Waals surface area contributed by atoms with E-state index in [0.717, 1.165) is 42.9 Å². The van der Waals surface area contributed by atoms with Crippen LogP contribution in [0.15, 0.2) is 24.3 Å². The van der Waals surface area contributed by atoms with E-state index in [2.05, 4.69) is 20.1 Å². The SMILES string of the molecule is Cc1nnc(C2CCCN2C(=O)NCC2CCCN(S(C)(=O)=O)C2)n1Cc1ccc(Cl)cc1. The number of rotatable bonds is 6. The van der Waals surface area contributed by atoms with Gasteiger partial charge >= 0.3 is 6.03 Å². The van der Waals surface area contributed by atoms with Crippen molar-refractivity contribution in [1.29, 1.82) is 0 Å². The zero-order chi connectivity index (χ0) is 23.6. The molecule has 0 saturated carbocycles. The molecule has 2 unspecified atom stereocenters. The highest BCUT2D eigenvalue weighted by Crippen LogP contribution is 2.31. The highest BCUT2D eigenvalue weighted by Gasteiger charge is 2.34. The molecule has 2 aliphatic rings. The first kappa shape index (κ1) is 24.0. The molecule has 2 atom stereocenters. The number of aryl methyl sites for hydroxylation is 1. The number of hydrogen-bond acceptors (Lipinski definition) is 5. The van der Waals surface area contributed by atoms with E-state index in [4.69, 9.17) is 11.6 Å². The summed E-state index contributed by atoms with van der Waals surface area (Å²) in [6, 6.07) is 7.41. The average molecular weight is 495 g/mol. The number of hydrogen-bond donors (Lipinski definition) is 1. The fourth-order valence-corrected chi connectivity index (χ4v) is 5.79. The Labute approximate surface area is 200 Å². The molecule has 0 radical (unpaired) electrons. The Balaban J connectivity index is 1.42. The number of halogens is 1. The number of sulfonamides is 1. The lowest BCUT2D eigenvalue weighted by Gasteiger charge is -2.32. The molecule has 1 aromatic heterocycles. The molecule has 2 fully saturated rings. The van der Waals surface area contributed by atoms with Gasteiger partial charge in [-0.3, -0.25) is 0 Å². The van der Waals surface area contributed by atoms with Crippen LogP contribution in [0.5, 0.6) is 0 Å². The highest BCUT2D eigenvalue weighted by molar-refractivity contribution is 7.88. The second-order valence-electron chi connectivity index (χ2n) is 8.98. The van der Waals surface area contributed by atoms with Gasteiger partial charge in [0.2, 0.25) is 10.0 Å². The standard InChI is InChI=1S/C22H31ClN6O3S/c1-16-25-26-21(29(16)15-17-7-9-19(23)10-8-17)20-6-4-12-28(20)22(30)24-13-18-5-3-11-27(14-18)33(2,31)32/h7-10,18,20H,3-6,11-15H2,1-2H3,(H,24,30). The van der Waals surface area contributed by atoms with Gasteiger partial charge in [-0.25, -0.2) is 17.5 Å². The fraction of sp³-hybridized carbons (Fsp3) is 0.591. The average Bonchev–Trinajstić information content (AvgIpc) is 3.40. The molecular formula is C22H31ClN6O3S. The van der Waals surface area contributed by atoms with Gasteiger partial charge in [-0.05, 0) is 56.2 Å². The molecular weight excluding hydrogens is 464 g/mol. The zero-order valence-corrected chi connectivity index (χ0v) is 20.6. The molecule has 0 bridgehead atoms. The third-order valence-electron chi connectivity index (χ3n) is 6.52. The van der Waals surface area contributed by atoms with Crippen molar-refractivity contribution in [3.05, 3.63) is 46.5 Å². The van der Waals surface area contributed by atoms with Gasteiger partial charge in [0.25, 0.3) is 0 Å². The van der Waals surface area contributed by atoms with E-state index in [1.165, 1.54) is 10.6 Å². The van der Waals surface area contributed by atoms with E-state index in [0.29, 0.717) is 37.7 Å². The lowest BCUT2D eigenvalue weighted by molar-refractivity contribution is 0.184. The van der Waals surface area contributed by atoms with Gasteiger partial charge in [0.15, 0.2) is 5.82 Å². The Morgan fingerprint density at radius 3 is 2.61 bits per heavy atom. The Kier molecular flexibility index (Phi) is 7.25. The fourth-order valence-electron chi connectivity index (χ4n) is 4.72. The number of likely N-dealkylation sites (tertiary alicyclic amines) is 1. The summed E-state index contributed by atoms with van der Waals surface area (Å²) >= 11 is 6.01. The molecule has 1 N–H and O–H groups in total. The normalized spacial score (nSPS) is 22.0. The number of carbonyl (C=O) groups excluding carboxylic acids is 1. The first-order valence-electron chi connectivity index (χ1n) is 11.4. The molecule has 2 aromatic rings.